The van der Waals surface area contributed by atoms with Gasteiger partial charge in [0.2, 0.25) is 0 Å². The minimum Gasteiger partial charge on any atom is -0.490 e. The number of Topliss-reactive ketones (excluding diaryl/α,β-unsaturated/α-hetero) is 1. The van der Waals surface area contributed by atoms with E-state index in [9.17, 15) is 4.79 Å². The highest BCUT2D eigenvalue weighted by atomic mass is 16.5. The van der Waals surface area contributed by atoms with Gasteiger partial charge in [-0.05, 0) is 39.1 Å². The van der Waals surface area contributed by atoms with Gasteiger partial charge >= 0.3 is 0 Å². The summed E-state index contributed by atoms with van der Waals surface area (Å²) < 4.78 is 11.5. The van der Waals surface area contributed by atoms with Gasteiger partial charge in [0.05, 0.1) is 17.8 Å². The molecule has 0 N–H and O–H groups in total. The lowest BCUT2D eigenvalue weighted by Crippen LogP contribution is -2.22. The molecule has 0 aliphatic heterocycles. The first-order valence-electron chi connectivity index (χ1n) is 7.18. The molecule has 0 saturated carbocycles. The SMILES string of the molecule is CC(=O)c1ccc2ccccc2c1OCCOC(C)(C)C. The summed E-state index contributed by atoms with van der Waals surface area (Å²) in [5, 5.41) is 2.02. The standard InChI is InChI=1S/C18H22O3/c1-13(19)15-10-9-14-7-5-6-8-16(14)17(15)20-11-12-21-18(2,3)4/h5-10H,11-12H2,1-4H3. The van der Waals surface area contributed by atoms with E-state index in [0.717, 1.165) is 10.8 Å². The third-order valence-electron chi connectivity index (χ3n) is 3.12. The van der Waals surface area contributed by atoms with Crippen molar-refractivity contribution in [2.75, 3.05) is 13.2 Å². The number of hydrogen-bond donors (Lipinski definition) is 0. The Morgan fingerprint density at radius 3 is 2.43 bits per heavy atom. The van der Waals surface area contributed by atoms with E-state index in [4.69, 9.17) is 9.47 Å². The van der Waals surface area contributed by atoms with Gasteiger partial charge < -0.3 is 9.47 Å². The van der Waals surface area contributed by atoms with E-state index in [1.807, 2.05) is 57.2 Å². The Morgan fingerprint density at radius 1 is 1.05 bits per heavy atom. The lowest BCUT2D eigenvalue weighted by atomic mass is 10.0. The van der Waals surface area contributed by atoms with Crippen molar-refractivity contribution in [1.29, 1.82) is 0 Å². The van der Waals surface area contributed by atoms with Crippen LogP contribution in [-0.2, 0) is 4.74 Å². The molecule has 2 aromatic rings. The van der Waals surface area contributed by atoms with Gasteiger partial charge in [0.25, 0.3) is 0 Å². The molecule has 112 valence electrons. The molecular formula is C18H22O3. The first-order valence-corrected chi connectivity index (χ1v) is 7.18. The molecule has 0 bridgehead atoms. The zero-order valence-corrected chi connectivity index (χ0v) is 13.1. The first kappa shape index (κ1) is 15.5. The van der Waals surface area contributed by atoms with Crippen LogP contribution in [-0.4, -0.2) is 24.6 Å². The maximum absolute atomic E-state index is 11.8. The Labute approximate surface area is 125 Å². The second kappa shape index (κ2) is 6.27. The van der Waals surface area contributed by atoms with Gasteiger partial charge in [0.1, 0.15) is 12.4 Å². The van der Waals surface area contributed by atoms with E-state index in [-0.39, 0.29) is 11.4 Å². The van der Waals surface area contributed by atoms with E-state index in [0.29, 0.717) is 24.5 Å². The Hall–Kier alpha value is -1.87. The molecular weight excluding hydrogens is 264 g/mol. The average molecular weight is 286 g/mol. The van der Waals surface area contributed by atoms with Gasteiger partial charge in [0.15, 0.2) is 5.78 Å². The van der Waals surface area contributed by atoms with Gasteiger partial charge in [-0.2, -0.15) is 0 Å². The Kier molecular flexibility index (Phi) is 4.63. The van der Waals surface area contributed by atoms with E-state index in [1.165, 1.54) is 0 Å². The number of ether oxygens (including phenoxy) is 2. The second-order valence-electron chi connectivity index (χ2n) is 6.03. The lowest BCUT2D eigenvalue weighted by molar-refractivity contribution is -0.0162. The molecule has 0 saturated heterocycles. The summed E-state index contributed by atoms with van der Waals surface area (Å²) in [4.78, 5) is 11.8. The number of fused-ring (bicyclic) bond motifs is 1. The molecule has 0 spiro atoms. The van der Waals surface area contributed by atoms with E-state index >= 15 is 0 Å². The van der Waals surface area contributed by atoms with Crippen molar-refractivity contribution in [1.82, 2.24) is 0 Å². The molecule has 2 aromatic carbocycles. The molecule has 0 unspecified atom stereocenters. The van der Waals surface area contributed by atoms with Gasteiger partial charge in [-0.1, -0.05) is 30.3 Å². The van der Waals surface area contributed by atoms with Crippen molar-refractivity contribution < 1.29 is 14.3 Å². The quantitative estimate of drug-likeness (QED) is 0.609. The van der Waals surface area contributed by atoms with Crippen molar-refractivity contribution >= 4 is 16.6 Å². The fourth-order valence-electron chi connectivity index (χ4n) is 2.17. The smallest absolute Gasteiger partial charge is 0.163 e. The molecule has 0 atom stereocenters. The molecule has 0 aromatic heterocycles. The van der Waals surface area contributed by atoms with Crippen molar-refractivity contribution in [3.05, 3.63) is 42.0 Å². The summed E-state index contributed by atoms with van der Waals surface area (Å²) >= 11 is 0. The van der Waals surface area contributed by atoms with Crippen LogP contribution in [0.3, 0.4) is 0 Å². The first-order chi connectivity index (χ1) is 9.88. The molecule has 3 nitrogen and oxygen atoms in total. The summed E-state index contributed by atoms with van der Waals surface area (Å²) in [7, 11) is 0. The van der Waals surface area contributed by atoms with Crippen LogP contribution in [0.4, 0.5) is 0 Å². The van der Waals surface area contributed by atoms with Crippen LogP contribution in [0.2, 0.25) is 0 Å². The fourth-order valence-corrected chi connectivity index (χ4v) is 2.17. The summed E-state index contributed by atoms with van der Waals surface area (Å²) in [6, 6.07) is 11.7. The van der Waals surface area contributed by atoms with E-state index in [1.54, 1.807) is 6.92 Å². The topological polar surface area (TPSA) is 35.5 Å². The summed E-state index contributed by atoms with van der Waals surface area (Å²) in [5.41, 5.74) is 0.426. The predicted octanol–water partition coefficient (Wildman–Crippen LogP) is 4.24. The zero-order valence-electron chi connectivity index (χ0n) is 13.1. The van der Waals surface area contributed by atoms with Crippen LogP contribution in [0.25, 0.3) is 10.8 Å². The zero-order chi connectivity index (χ0) is 15.5. The van der Waals surface area contributed by atoms with Crippen LogP contribution in [0.5, 0.6) is 5.75 Å². The minimum atomic E-state index is -0.189. The van der Waals surface area contributed by atoms with E-state index < -0.39 is 0 Å². The molecule has 0 aliphatic carbocycles. The monoisotopic (exact) mass is 286 g/mol. The maximum Gasteiger partial charge on any atom is 0.163 e. The van der Waals surface area contributed by atoms with Gasteiger partial charge in [-0.25, -0.2) is 0 Å². The normalized spacial score (nSPS) is 11.6. The van der Waals surface area contributed by atoms with Crippen molar-refractivity contribution in [3.63, 3.8) is 0 Å². The van der Waals surface area contributed by atoms with Gasteiger partial charge in [-0.3, -0.25) is 4.79 Å². The highest BCUT2D eigenvalue weighted by molar-refractivity contribution is 6.03. The summed E-state index contributed by atoms with van der Waals surface area (Å²) in [5.74, 6) is 0.658. The van der Waals surface area contributed by atoms with E-state index in [2.05, 4.69) is 0 Å². The summed E-state index contributed by atoms with van der Waals surface area (Å²) in [6.45, 7) is 8.49. The Bertz CT molecular complexity index is 638. The molecule has 0 fully saturated rings. The lowest BCUT2D eigenvalue weighted by Gasteiger charge is -2.20. The molecule has 21 heavy (non-hydrogen) atoms. The van der Waals surface area contributed by atoms with Crippen LogP contribution < -0.4 is 4.74 Å². The molecule has 0 aliphatic rings. The Balaban J connectivity index is 2.23. The third-order valence-corrected chi connectivity index (χ3v) is 3.12. The second-order valence-corrected chi connectivity index (χ2v) is 6.03. The molecule has 0 radical (unpaired) electrons. The van der Waals surface area contributed by atoms with Crippen molar-refractivity contribution in [2.24, 2.45) is 0 Å². The third kappa shape index (κ3) is 4.05. The molecule has 0 amide bonds. The largest absolute Gasteiger partial charge is 0.490 e. The predicted molar refractivity (Wildman–Crippen MR) is 85.2 cm³/mol. The van der Waals surface area contributed by atoms with Gasteiger partial charge in [-0.15, -0.1) is 0 Å². The summed E-state index contributed by atoms with van der Waals surface area (Å²) in [6.07, 6.45) is 0. The minimum absolute atomic E-state index is 0.00694. The number of rotatable bonds is 5. The highest BCUT2D eigenvalue weighted by Gasteiger charge is 2.14. The molecule has 2 rings (SSSR count). The van der Waals surface area contributed by atoms with Crippen molar-refractivity contribution in [2.45, 2.75) is 33.3 Å². The number of carbonyl (C=O) groups excluding carboxylic acids is 1. The number of ketones is 1. The van der Waals surface area contributed by atoms with Crippen molar-refractivity contribution in [3.8, 4) is 5.75 Å². The average Bonchev–Trinajstić information content (AvgIpc) is 2.42. The molecule has 3 heteroatoms. The molecule has 0 heterocycles. The number of hydrogen-bond acceptors (Lipinski definition) is 3. The van der Waals surface area contributed by atoms with Crippen LogP contribution >= 0.6 is 0 Å². The van der Waals surface area contributed by atoms with Crippen LogP contribution in [0.1, 0.15) is 38.1 Å². The Morgan fingerprint density at radius 2 is 1.76 bits per heavy atom. The maximum atomic E-state index is 11.8. The van der Waals surface area contributed by atoms with Crippen LogP contribution in [0.15, 0.2) is 36.4 Å². The number of benzene rings is 2. The highest BCUT2D eigenvalue weighted by Crippen LogP contribution is 2.30. The fraction of sp³-hybridized carbons (Fsp3) is 0.389. The van der Waals surface area contributed by atoms with Gasteiger partial charge in [0, 0.05) is 5.39 Å². The number of carbonyl (C=O) groups is 1. The van der Waals surface area contributed by atoms with Crippen LogP contribution in [0, 0.1) is 0 Å².